The minimum absolute atomic E-state index is 0.0509. The zero-order valence-corrected chi connectivity index (χ0v) is 6.51. The van der Waals surface area contributed by atoms with Gasteiger partial charge in [0.05, 0.1) is 5.60 Å². The van der Waals surface area contributed by atoms with Gasteiger partial charge in [-0.05, 0) is 12.8 Å². The van der Waals surface area contributed by atoms with Gasteiger partial charge in [0, 0.05) is 12.5 Å². The van der Waals surface area contributed by atoms with Gasteiger partial charge in [0.1, 0.15) is 0 Å². The molecule has 2 N–H and O–H groups in total. The number of aliphatic hydroxyl groups is 2. The van der Waals surface area contributed by atoms with E-state index in [1.165, 1.54) is 0 Å². The molecule has 0 radical (unpaired) electrons. The van der Waals surface area contributed by atoms with Crippen molar-refractivity contribution < 1.29 is 10.2 Å². The fraction of sp³-hybridized carbons (Fsp3) is 1.00. The van der Waals surface area contributed by atoms with Crippen LogP contribution in [0.25, 0.3) is 0 Å². The first-order chi connectivity index (χ1) is 4.69. The molecule has 0 aromatic rings. The monoisotopic (exact) mass is 144 g/mol. The van der Waals surface area contributed by atoms with E-state index < -0.39 is 5.60 Å². The van der Waals surface area contributed by atoms with Crippen LogP contribution in [0.15, 0.2) is 0 Å². The Bertz CT molecular complexity index is 106. The smallest absolute Gasteiger partial charge is 0.0695 e. The summed E-state index contributed by atoms with van der Waals surface area (Å²) in [6.45, 7) is 2.02. The van der Waals surface area contributed by atoms with Crippen molar-refractivity contribution >= 4 is 0 Å². The van der Waals surface area contributed by atoms with E-state index in [9.17, 15) is 5.11 Å². The third-order valence-corrected chi connectivity index (χ3v) is 2.66. The largest absolute Gasteiger partial charge is 0.396 e. The Morgan fingerprint density at radius 2 is 1.90 bits per heavy atom. The lowest BCUT2D eigenvalue weighted by Gasteiger charge is -2.27. The molecular weight excluding hydrogens is 128 g/mol. The van der Waals surface area contributed by atoms with E-state index >= 15 is 0 Å². The van der Waals surface area contributed by atoms with Crippen molar-refractivity contribution in [1.29, 1.82) is 0 Å². The van der Waals surface area contributed by atoms with E-state index in [2.05, 4.69) is 0 Å². The van der Waals surface area contributed by atoms with Gasteiger partial charge in [-0.3, -0.25) is 0 Å². The number of aliphatic hydroxyl groups excluding tert-OH is 1. The lowest BCUT2D eigenvalue weighted by atomic mass is 9.88. The van der Waals surface area contributed by atoms with Crippen molar-refractivity contribution in [3.63, 3.8) is 0 Å². The van der Waals surface area contributed by atoms with Gasteiger partial charge in [0.2, 0.25) is 0 Å². The molecule has 10 heavy (non-hydrogen) atoms. The highest BCUT2D eigenvalue weighted by Crippen LogP contribution is 2.35. The van der Waals surface area contributed by atoms with Crippen molar-refractivity contribution in [1.82, 2.24) is 0 Å². The first kappa shape index (κ1) is 8.02. The second-order valence-corrected chi connectivity index (χ2v) is 3.39. The van der Waals surface area contributed by atoms with Crippen molar-refractivity contribution in [2.45, 2.75) is 38.2 Å². The van der Waals surface area contributed by atoms with Crippen LogP contribution >= 0.6 is 0 Å². The summed E-state index contributed by atoms with van der Waals surface area (Å²) >= 11 is 0. The lowest BCUT2D eigenvalue weighted by Crippen LogP contribution is -2.34. The van der Waals surface area contributed by atoms with Crippen LogP contribution in [0.4, 0.5) is 0 Å². The molecular formula is C8H16O2. The first-order valence-electron chi connectivity index (χ1n) is 4.02. The van der Waals surface area contributed by atoms with E-state index in [1.54, 1.807) is 0 Å². The predicted octanol–water partition coefficient (Wildman–Crippen LogP) is 0.920. The van der Waals surface area contributed by atoms with Crippen LogP contribution in [-0.2, 0) is 0 Å². The van der Waals surface area contributed by atoms with E-state index in [1.807, 2.05) is 6.92 Å². The quantitative estimate of drug-likeness (QED) is 0.605. The molecule has 1 fully saturated rings. The maximum absolute atomic E-state index is 9.80. The van der Waals surface area contributed by atoms with Gasteiger partial charge in [0.25, 0.3) is 0 Å². The summed E-state index contributed by atoms with van der Waals surface area (Å²) in [5, 5.41) is 18.6. The van der Waals surface area contributed by atoms with Crippen LogP contribution < -0.4 is 0 Å². The Labute approximate surface area is 61.9 Å². The predicted molar refractivity (Wildman–Crippen MR) is 39.7 cm³/mol. The van der Waals surface area contributed by atoms with Gasteiger partial charge in [-0.25, -0.2) is 0 Å². The molecule has 2 nitrogen and oxygen atoms in total. The van der Waals surface area contributed by atoms with Gasteiger partial charge in [0.15, 0.2) is 0 Å². The van der Waals surface area contributed by atoms with Crippen LogP contribution in [0.5, 0.6) is 0 Å². The molecule has 0 unspecified atom stereocenters. The third-order valence-electron chi connectivity index (χ3n) is 2.66. The number of hydrogen-bond donors (Lipinski definition) is 2. The molecule has 0 heterocycles. The van der Waals surface area contributed by atoms with Crippen molar-refractivity contribution in [3.8, 4) is 0 Å². The zero-order valence-electron chi connectivity index (χ0n) is 6.51. The molecule has 0 aromatic heterocycles. The molecule has 0 bridgehead atoms. The Hall–Kier alpha value is -0.0800. The average molecular weight is 144 g/mol. The van der Waals surface area contributed by atoms with Gasteiger partial charge in [-0.15, -0.1) is 0 Å². The molecule has 0 spiro atoms. The highest BCUT2D eigenvalue weighted by atomic mass is 16.3. The van der Waals surface area contributed by atoms with E-state index in [4.69, 9.17) is 5.11 Å². The normalized spacial score (nSPS) is 26.7. The summed E-state index contributed by atoms with van der Waals surface area (Å²) in [6, 6.07) is 0. The lowest BCUT2D eigenvalue weighted by molar-refractivity contribution is -0.0260. The molecule has 1 saturated carbocycles. The van der Waals surface area contributed by atoms with E-state index in [0.29, 0.717) is 0 Å². The van der Waals surface area contributed by atoms with Gasteiger partial charge < -0.3 is 10.2 Å². The molecule has 0 aliphatic heterocycles. The van der Waals surface area contributed by atoms with Crippen LogP contribution in [0.2, 0.25) is 0 Å². The third kappa shape index (κ3) is 1.32. The summed E-state index contributed by atoms with van der Waals surface area (Å²) in [4.78, 5) is 0. The fourth-order valence-electron chi connectivity index (χ4n) is 1.65. The Morgan fingerprint density at radius 3 is 2.30 bits per heavy atom. The Balaban J connectivity index is 2.49. The molecule has 0 aromatic carbocycles. The summed E-state index contributed by atoms with van der Waals surface area (Å²) in [5.74, 6) is 0.0509. The second-order valence-electron chi connectivity index (χ2n) is 3.39. The molecule has 1 aliphatic rings. The average Bonchev–Trinajstić information content (AvgIpc) is 2.36. The summed E-state index contributed by atoms with van der Waals surface area (Å²) in [7, 11) is 0. The van der Waals surface area contributed by atoms with E-state index in [-0.39, 0.29) is 12.5 Å². The van der Waals surface area contributed by atoms with Gasteiger partial charge >= 0.3 is 0 Å². The van der Waals surface area contributed by atoms with Crippen LogP contribution in [0, 0.1) is 5.92 Å². The maximum Gasteiger partial charge on any atom is 0.0695 e. The van der Waals surface area contributed by atoms with E-state index in [0.717, 1.165) is 25.7 Å². The van der Waals surface area contributed by atoms with Crippen molar-refractivity contribution in [2.75, 3.05) is 6.61 Å². The molecule has 1 aliphatic carbocycles. The highest BCUT2D eigenvalue weighted by molar-refractivity contribution is 4.88. The highest BCUT2D eigenvalue weighted by Gasteiger charge is 2.35. The number of rotatable bonds is 2. The zero-order chi connectivity index (χ0) is 7.61. The molecule has 1 rings (SSSR count). The standard InChI is InChI=1S/C8H16O2/c1-7(6-9)8(10)4-2-3-5-8/h7,9-10H,2-6H2,1H3/t7-/m1/s1. The first-order valence-corrected chi connectivity index (χ1v) is 4.02. The fourth-order valence-corrected chi connectivity index (χ4v) is 1.65. The second kappa shape index (κ2) is 2.89. The van der Waals surface area contributed by atoms with Gasteiger partial charge in [-0.2, -0.15) is 0 Å². The molecule has 0 saturated heterocycles. The molecule has 0 amide bonds. The van der Waals surface area contributed by atoms with Gasteiger partial charge in [-0.1, -0.05) is 19.8 Å². The summed E-state index contributed by atoms with van der Waals surface area (Å²) in [6.07, 6.45) is 3.96. The van der Waals surface area contributed by atoms with Crippen LogP contribution in [0.1, 0.15) is 32.6 Å². The van der Waals surface area contributed by atoms with Crippen molar-refractivity contribution in [3.05, 3.63) is 0 Å². The summed E-state index contributed by atoms with van der Waals surface area (Å²) < 4.78 is 0. The molecule has 2 heteroatoms. The molecule has 60 valence electrons. The number of hydrogen-bond acceptors (Lipinski definition) is 2. The maximum atomic E-state index is 9.80. The SMILES string of the molecule is C[C@H](CO)C1(O)CCCC1. The summed E-state index contributed by atoms with van der Waals surface area (Å²) in [5.41, 5.74) is -0.547. The Kier molecular flexibility index (Phi) is 2.32. The Morgan fingerprint density at radius 1 is 1.40 bits per heavy atom. The minimum Gasteiger partial charge on any atom is -0.396 e. The minimum atomic E-state index is -0.547. The van der Waals surface area contributed by atoms with Crippen molar-refractivity contribution in [2.24, 2.45) is 5.92 Å². The molecule has 1 atom stereocenters. The van der Waals surface area contributed by atoms with Crippen LogP contribution in [-0.4, -0.2) is 22.4 Å². The topological polar surface area (TPSA) is 40.5 Å². The van der Waals surface area contributed by atoms with Crippen LogP contribution in [0.3, 0.4) is 0 Å².